The highest BCUT2D eigenvalue weighted by molar-refractivity contribution is 5.59. The predicted octanol–water partition coefficient (Wildman–Crippen LogP) is -1.83. The zero-order valence-electron chi connectivity index (χ0n) is 8.48. The van der Waals surface area contributed by atoms with Gasteiger partial charge >= 0.3 is 5.96 Å². The van der Waals surface area contributed by atoms with Gasteiger partial charge in [0.1, 0.15) is 5.70 Å². The molecule has 0 bridgehead atoms. The average Bonchev–Trinajstić information content (AvgIpc) is 2.01. The maximum absolute atomic E-state index is 5.82. The van der Waals surface area contributed by atoms with E-state index >= 15 is 0 Å². The first-order valence-corrected chi connectivity index (χ1v) is 4.35. The zero-order chi connectivity index (χ0) is 10.4. The molecular weight excluding hydrogens is 164 g/mol. The molecule has 0 rings (SSSR count). The van der Waals surface area contributed by atoms with E-state index < -0.39 is 0 Å². The van der Waals surface area contributed by atoms with Crippen molar-refractivity contribution in [1.82, 2.24) is 0 Å². The lowest BCUT2D eigenvalue weighted by Gasteiger charge is -2.03. The Kier molecular flexibility index (Phi) is 4.84. The second-order valence-electron chi connectivity index (χ2n) is 3.07. The van der Waals surface area contributed by atoms with Crippen LogP contribution in [-0.4, -0.2) is 5.96 Å². The van der Waals surface area contributed by atoms with Crippen LogP contribution in [0.15, 0.2) is 23.5 Å². The van der Waals surface area contributed by atoms with Crippen molar-refractivity contribution >= 4 is 5.96 Å². The standard InChI is InChI=1S/C9H18N4/c1-4-5-7(13-9(11)12)8(10)6(2)3/h2,4-5,10H2,1,3H3,(H4,11,12,13)/p+2. The fraction of sp³-hybridized carbons (Fsp3) is 0.444. The molecule has 0 aromatic carbocycles. The van der Waals surface area contributed by atoms with Crippen LogP contribution >= 0.6 is 0 Å². The van der Waals surface area contributed by atoms with Gasteiger partial charge in [-0.1, -0.05) is 13.5 Å². The van der Waals surface area contributed by atoms with E-state index in [2.05, 4.69) is 24.2 Å². The van der Waals surface area contributed by atoms with E-state index in [0.717, 1.165) is 24.1 Å². The van der Waals surface area contributed by atoms with Crippen LogP contribution in [0.2, 0.25) is 0 Å². The lowest BCUT2D eigenvalue weighted by molar-refractivity contribution is -0.460. The third-order valence-corrected chi connectivity index (χ3v) is 1.60. The fourth-order valence-corrected chi connectivity index (χ4v) is 0.966. The van der Waals surface area contributed by atoms with Crippen molar-refractivity contribution in [2.24, 2.45) is 11.5 Å². The fourth-order valence-electron chi connectivity index (χ4n) is 0.966. The number of quaternary nitrogens is 1. The summed E-state index contributed by atoms with van der Waals surface area (Å²) in [4.78, 5) is 2.94. The van der Waals surface area contributed by atoms with Crippen LogP contribution in [0.1, 0.15) is 26.7 Å². The molecule has 74 valence electrons. The number of allylic oxidation sites excluding steroid dienone is 2. The summed E-state index contributed by atoms with van der Waals surface area (Å²) in [5, 5.41) is 0. The molecule has 4 nitrogen and oxygen atoms in total. The Bertz CT molecular complexity index is 246. The maximum atomic E-state index is 5.82. The molecule has 0 radical (unpaired) electrons. The highest BCUT2D eigenvalue weighted by Gasteiger charge is 2.06. The molecule has 4 heteroatoms. The van der Waals surface area contributed by atoms with Gasteiger partial charge in [0.2, 0.25) is 0 Å². The van der Waals surface area contributed by atoms with Crippen LogP contribution in [0.5, 0.6) is 0 Å². The third kappa shape index (κ3) is 4.32. The summed E-state index contributed by atoms with van der Waals surface area (Å²) >= 11 is 0. The minimum Gasteiger partial charge on any atom is -0.395 e. The van der Waals surface area contributed by atoms with Crippen LogP contribution < -0.4 is 22.2 Å². The molecule has 0 fully saturated rings. The molecule has 0 unspecified atom stereocenters. The van der Waals surface area contributed by atoms with Crippen molar-refractivity contribution in [1.29, 1.82) is 0 Å². The molecule has 0 aromatic rings. The zero-order valence-corrected chi connectivity index (χ0v) is 8.48. The summed E-state index contributed by atoms with van der Waals surface area (Å²) in [6.45, 7) is 7.72. The van der Waals surface area contributed by atoms with Gasteiger partial charge in [-0.05, 0) is 18.9 Å². The molecule has 0 spiro atoms. The molecule has 0 amide bonds. The predicted molar refractivity (Wildman–Crippen MR) is 54.0 cm³/mol. The smallest absolute Gasteiger partial charge is 0.395 e. The first-order valence-electron chi connectivity index (χ1n) is 4.35. The normalized spacial score (nSPS) is 13.9. The Morgan fingerprint density at radius 3 is 2.31 bits per heavy atom. The number of hydrogen-bond acceptors (Lipinski definition) is 1. The van der Waals surface area contributed by atoms with Crippen molar-refractivity contribution < 1.29 is 10.7 Å². The number of guanidine groups is 1. The molecule has 0 saturated carbocycles. The van der Waals surface area contributed by atoms with Gasteiger partial charge in [-0.15, -0.1) is 0 Å². The second-order valence-corrected chi connectivity index (χ2v) is 3.07. The molecule has 8 N–H and O–H groups in total. The first-order chi connectivity index (χ1) is 5.99. The Morgan fingerprint density at radius 1 is 1.46 bits per heavy atom. The Balaban J connectivity index is 4.88. The van der Waals surface area contributed by atoms with E-state index in [-0.39, 0.29) is 0 Å². The van der Waals surface area contributed by atoms with Gasteiger partial charge in [-0.2, -0.15) is 4.99 Å². The average molecular weight is 184 g/mol. The number of nitrogens with one attached hydrogen (secondary N) is 1. The molecule has 0 aliphatic rings. The van der Waals surface area contributed by atoms with E-state index in [9.17, 15) is 0 Å². The molecule has 13 heavy (non-hydrogen) atoms. The summed E-state index contributed by atoms with van der Waals surface area (Å²) in [6, 6.07) is 0. The van der Waals surface area contributed by atoms with Gasteiger partial charge in [0.25, 0.3) is 0 Å². The third-order valence-electron chi connectivity index (χ3n) is 1.60. The van der Waals surface area contributed by atoms with Crippen molar-refractivity contribution in [3.8, 4) is 0 Å². The van der Waals surface area contributed by atoms with E-state index in [4.69, 9.17) is 11.5 Å². The van der Waals surface area contributed by atoms with Gasteiger partial charge in [0.15, 0.2) is 0 Å². The van der Waals surface area contributed by atoms with E-state index in [0.29, 0.717) is 11.7 Å². The van der Waals surface area contributed by atoms with E-state index in [1.54, 1.807) is 0 Å². The van der Waals surface area contributed by atoms with E-state index in [1.165, 1.54) is 0 Å². The highest BCUT2D eigenvalue weighted by Crippen LogP contribution is 2.05. The topological polar surface area (TPSA) is 93.7 Å². The number of hydrogen-bond donors (Lipinski definition) is 4. The number of nitrogens with two attached hydrogens (primary N) is 2. The second kappa shape index (κ2) is 5.37. The Morgan fingerprint density at radius 2 is 2.00 bits per heavy atom. The van der Waals surface area contributed by atoms with Gasteiger partial charge < -0.3 is 5.73 Å². The molecular formula is C9H20N4+2. The molecule has 0 saturated heterocycles. The van der Waals surface area contributed by atoms with Gasteiger partial charge in [-0.25, -0.2) is 5.73 Å². The molecule has 0 aromatic heterocycles. The van der Waals surface area contributed by atoms with Crippen molar-refractivity contribution in [3.05, 3.63) is 23.5 Å². The van der Waals surface area contributed by atoms with Crippen LogP contribution in [0.4, 0.5) is 0 Å². The van der Waals surface area contributed by atoms with Crippen LogP contribution in [-0.2, 0) is 0 Å². The summed E-state index contributed by atoms with van der Waals surface area (Å²) in [6.07, 6.45) is 1.86. The lowest BCUT2D eigenvalue weighted by atomic mass is 10.1. The maximum Gasteiger partial charge on any atom is 0.439 e. The largest absolute Gasteiger partial charge is 0.439 e. The van der Waals surface area contributed by atoms with Gasteiger partial charge in [0, 0.05) is 6.42 Å². The van der Waals surface area contributed by atoms with Crippen molar-refractivity contribution in [2.75, 3.05) is 0 Å². The first kappa shape index (κ1) is 11.7. The van der Waals surface area contributed by atoms with Gasteiger partial charge in [-0.3, -0.25) is 5.73 Å². The van der Waals surface area contributed by atoms with Crippen molar-refractivity contribution in [2.45, 2.75) is 26.7 Å². The van der Waals surface area contributed by atoms with Crippen LogP contribution in [0, 0.1) is 0 Å². The summed E-state index contributed by atoms with van der Waals surface area (Å²) in [5.74, 6) is 0.410. The SMILES string of the molecule is C=C(C)C(N)=C(CCC)[NH+]=C(N)[NH3+]. The molecule has 0 heterocycles. The quantitative estimate of drug-likeness (QED) is 0.235. The molecule has 0 aliphatic heterocycles. The Labute approximate surface area is 79.2 Å². The van der Waals surface area contributed by atoms with Crippen LogP contribution in [0.3, 0.4) is 0 Å². The molecule has 0 atom stereocenters. The number of rotatable bonds is 4. The van der Waals surface area contributed by atoms with Gasteiger partial charge in [0.05, 0.1) is 5.70 Å². The Hall–Kier alpha value is -1.29. The minimum atomic E-state index is 0.410. The lowest BCUT2D eigenvalue weighted by Crippen LogP contribution is -2.87. The monoisotopic (exact) mass is 184 g/mol. The van der Waals surface area contributed by atoms with E-state index in [1.807, 2.05) is 6.92 Å². The summed E-state index contributed by atoms with van der Waals surface area (Å²) in [7, 11) is 0. The molecule has 0 aliphatic carbocycles. The van der Waals surface area contributed by atoms with Crippen LogP contribution in [0.25, 0.3) is 0 Å². The summed E-state index contributed by atoms with van der Waals surface area (Å²) < 4.78 is 0. The summed E-state index contributed by atoms with van der Waals surface area (Å²) in [5.41, 5.74) is 17.2. The highest BCUT2D eigenvalue weighted by atomic mass is 15.0. The minimum absolute atomic E-state index is 0.410. The van der Waals surface area contributed by atoms with Crippen molar-refractivity contribution in [3.63, 3.8) is 0 Å².